The van der Waals surface area contributed by atoms with Crippen molar-refractivity contribution in [3.05, 3.63) is 69.5 Å². The van der Waals surface area contributed by atoms with Crippen LogP contribution in [0.3, 0.4) is 0 Å². The number of hydrogen-bond acceptors (Lipinski definition) is 3. The van der Waals surface area contributed by atoms with Gasteiger partial charge in [-0.15, -0.1) is 12.4 Å². The van der Waals surface area contributed by atoms with Crippen LogP contribution in [-0.2, 0) is 17.1 Å². The Labute approximate surface area is 213 Å². The van der Waals surface area contributed by atoms with Crippen molar-refractivity contribution < 1.29 is 45.4 Å². The van der Waals surface area contributed by atoms with E-state index in [1.165, 1.54) is 6.07 Å². The van der Waals surface area contributed by atoms with Gasteiger partial charge in [-0.1, -0.05) is 11.8 Å². The predicted molar refractivity (Wildman–Crippen MR) is 122 cm³/mol. The molecule has 1 atom stereocenters. The molecule has 1 unspecified atom stereocenters. The van der Waals surface area contributed by atoms with Gasteiger partial charge in [-0.2, -0.15) is 26.3 Å². The lowest BCUT2D eigenvalue weighted by Gasteiger charge is -2.22. The van der Waals surface area contributed by atoms with Crippen LogP contribution in [0.4, 0.5) is 30.7 Å². The lowest BCUT2D eigenvalue weighted by Crippen LogP contribution is -2.27. The fourth-order valence-corrected chi connectivity index (χ4v) is 4.10. The SMILES string of the molecule is Cl.O=C(O)C1CCN(CC2=Cc3c(F)cc(C#Cc4ccc(C(F)(F)F)cc4C(F)(F)F)cc3OC2)C1. The number of likely N-dealkylation sites (tertiary alicyclic amines) is 1. The van der Waals surface area contributed by atoms with E-state index < -0.39 is 46.7 Å². The van der Waals surface area contributed by atoms with E-state index in [2.05, 4.69) is 11.8 Å². The molecule has 1 N–H and O–H groups in total. The van der Waals surface area contributed by atoms with Crippen molar-refractivity contribution >= 4 is 24.5 Å². The molecule has 0 spiro atoms. The highest BCUT2D eigenvalue weighted by Gasteiger charge is 2.38. The Morgan fingerprint density at radius 3 is 2.43 bits per heavy atom. The highest BCUT2D eigenvalue weighted by atomic mass is 35.5. The Kier molecular flexibility index (Phi) is 8.15. The number of nitrogens with zero attached hydrogens (tertiary/aromatic N) is 1. The number of hydrogen-bond donors (Lipinski definition) is 1. The van der Waals surface area contributed by atoms with Gasteiger partial charge in [0.2, 0.25) is 0 Å². The summed E-state index contributed by atoms with van der Waals surface area (Å²) in [7, 11) is 0. The summed E-state index contributed by atoms with van der Waals surface area (Å²) in [5.74, 6) is 2.63. The first-order valence-electron chi connectivity index (χ1n) is 10.7. The zero-order valence-electron chi connectivity index (χ0n) is 18.8. The van der Waals surface area contributed by atoms with E-state index in [9.17, 15) is 35.5 Å². The van der Waals surface area contributed by atoms with Crippen molar-refractivity contribution in [3.8, 4) is 17.6 Å². The predicted octanol–water partition coefficient (Wildman–Crippen LogP) is 5.87. The molecule has 12 heteroatoms. The van der Waals surface area contributed by atoms with Crippen molar-refractivity contribution in [1.29, 1.82) is 0 Å². The van der Waals surface area contributed by atoms with Crippen molar-refractivity contribution in [2.45, 2.75) is 18.8 Å². The van der Waals surface area contributed by atoms with Gasteiger partial charge < -0.3 is 9.84 Å². The summed E-state index contributed by atoms with van der Waals surface area (Å²) in [6.45, 7) is 1.47. The summed E-state index contributed by atoms with van der Waals surface area (Å²) in [6, 6.07) is 3.47. The molecule has 0 saturated carbocycles. The third-order valence-electron chi connectivity index (χ3n) is 5.90. The van der Waals surface area contributed by atoms with Gasteiger partial charge in [-0.3, -0.25) is 9.69 Å². The standard InChI is InChI=1S/C25H18F7NO3.ClH/c26-21-8-14(1-2-16-3-4-18(24(27,28)29)10-20(16)25(30,31)32)9-22-19(21)7-15(13-36-22)11-33-6-5-17(12-33)23(34)35;/h3-4,7-10,17H,5-6,11-13H2,(H,34,35);1H. The van der Waals surface area contributed by atoms with Gasteiger partial charge in [0.25, 0.3) is 0 Å². The van der Waals surface area contributed by atoms with E-state index in [-0.39, 0.29) is 42.0 Å². The number of fused-ring (bicyclic) bond motifs is 1. The normalized spacial score (nSPS) is 17.6. The Morgan fingerprint density at radius 1 is 1.08 bits per heavy atom. The van der Waals surface area contributed by atoms with Crippen LogP contribution in [0.2, 0.25) is 0 Å². The second-order valence-electron chi connectivity index (χ2n) is 8.53. The molecule has 0 aromatic heterocycles. The molecule has 0 bridgehead atoms. The Morgan fingerprint density at radius 2 is 1.81 bits per heavy atom. The van der Waals surface area contributed by atoms with Gasteiger partial charge in [-0.25, -0.2) is 4.39 Å². The molecule has 2 aliphatic rings. The Bertz CT molecular complexity index is 1290. The van der Waals surface area contributed by atoms with Crippen LogP contribution >= 0.6 is 12.4 Å². The van der Waals surface area contributed by atoms with Crippen LogP contribution in [0, 0.1) is 23.6 Å². The summed E-state index contributed by atoms with van der Waals surface area (Å²) in [5, 5.41) is 9.12. The molecule has 2 aliphatic heterocycles. The first-order valence-corrected chi connectivity index (χ1v) is 10.7. The number of carbonyl (C=O) groups is 1. The monoisotopic (exact) mass is 549 g/mol. The lowest BCUT2D eigenvalue weighted by molar-refractivity contribution is -0.143. The van der Waals surface area contributed by atoms with Gasteiger partial charge in [-0.05, 0) is 54.9 Å². The molecule has 198 valence electrons. The topological polar surface area (TPSA) is 49.8 Å². The number of rotatable bonds is 3. The van der Waals surface area contributed by atoms with Gasteiger partial charge in [0.15, 0.2) is 0 Å². The maximum absolute atomic E-state index is 14.8. The first-order chi connectivity index (χ1) is 16.8. The highest BCUT2D eigenvalue weighted by molar-refractivity contribution is 5.85. The molecule has 4 rings (SSSR count). The minimum Gasteiger partial charge on any atom is -0.488 e. The third-order valence-corrected chi connectivity index (χ3v) is 5.90. The molecule has 2 aromatic rings. The average Bonchev–Trinajstić information content (AvgIpc) is 3.25. The van der Waals surface area contributed by atoms with Crippen molar-refractivity contribution in [3.63, 3.8) is 0 Å². The second kappa shape index (κ2) is 10.6. The van der Waals surface area contributed by atoms with Crippen molar-refractivity contribution in [2.24, 2.45) is 5.92 Å². The number of carboxylic acids is 1. The Hall–Kier alpha value is -3.23. The largest absolute Gasteiger partial charge is 0.488 e. The maximum atomic E-state index is 14.8. The summed E-state index contributed by atoms with van der Waals surface area (Å²) in [6.07, 6.45) is -7.93. The number of benzene rings is 2. The molecular formula is C25H19ClF7NO3. The summed E-state index contributed by atoms with van der Waals surface area (Å²) < 4.78 is 98.9. The number of ether oxygens (including phenoxy) is 1. The van der Waals surface area contributed by atoms with E-state index in [1.54, 1.807) is 6.08 Å². The van der Waals surface area contributed by atoms with E-state index in [1.807, 2.05) is 4.90 Å². The van der Waals surface area contributed by atoms with Gasteiger partial charge in [0.05, 0.1) is 22.6 Å². The quantitative estimate of drug-likeness (QED) is 0.384. The number of halogens is 8. The number of alkyl halides is 6. The molecule has 1 fully saturated rings. The summed E-state index contributed by atoms with van der Waals surface area (Å²) >= 11 is 0. The minimum atomic E-state index is -5.07. The van der Waals surface area contributed by atoms with Crippen LogP contribution in [0.1, 0.15) is 34.2 Å². The smallest absolute Gasteiger partial charge is 0.417 e. The molecule has 4 nitrogen and oxygen atoms in total. The van der Waals surface area contributed by atoms with E-state index in [0.717, 1.165) is 11.6 Å². The van der Waals surface area contributed by atoms with Gasteiger partial charge in [0.1, 0.15) is 18.2 Å². The molecule has 2 aromatic carbocycles. The van der Waals surface area contributed by atoms with E-state index in [4.69, 9.17) is 9.84 Å². The van der Waals surface area contributed by atoms with E-state index >= 15 is 0 Å². The zero-order chi connectivity index (χ0) is 26.3. The van der Waals surface area contributed by atoms with Gasteiger partial charge >= 0.3 is 18.3 Å². The highest BCUT2D eigenvalue weighted by Crippen LogP contribution is 2.37. The molecule has 0 radical (unpaired) electrons. The fourth-order valence-electron chi connectivity index (χ4n) is 4.10. The molecule has 37 heavy (non-hydrogen) atoms. The fraction of sp³-hybridized carbons (Fsp3) is 0.320. The lowest BCUT2D eigenvalue weighted by atomic mass is 10.0. The molecular weight excluding hydrogens is 531 g/mol. The van der Waals surface area contributed by atoms with Gasteiger partial charge in [0, 0.05) is 24.2 Å². The summed E-state index contributed by atoms with van der Waals surface area (Å²) in [5.41, 5.74) is -2.84. The van der Waals surface area contributed by atoms with E-state index in [0.29, 0.717) is 38.2 Å². The first kappa shape index (κ1) is 28.3. The third kappa shape index (κ3) is 6.56. The molecule has 0 aliphatic carbocycles. The molecule has 0 amide bonds. The van der Waals surface area contributed by atoms with Crippen LogP contribution in [0.15, 0.2) is 35.9 Å². The Balaban J connectivity index is 0.00000380. The molecule has 2 heterocycles. The number of aliphatic carboxylic acids is 1. The second-order valence-corrected chi connectivity index (χ2v) is 8.53. The van der Waals surface area contributed by atoms with Crippen LogP contribution in [0.25, 0.3) is 6.08 Å². The van der Waals surface area contributed by atoms with Crippen molar-refractivity contribution in [1.82, 2.24) is 4.90 Å². The van der Waals surface area contributed by atoms with Crippen LogP contribution < -0.4 is 4.74 Å². The zero-order valence-corrected chi connectivity index (χ0v) is 19.7. The maximum Gasteiger partial charge on any atom is 0.417 e. The molecule has 1 saturated heterocycles. The number of carboxylic acid groups (broad SMARTS) is 1. The van der Waals surface area contributed by atoms with Crippen LogP contribution in [0.5, 0.6) is 5.75 Å². The van der Waals surface area contributed by atoms with Crippen molar-refractivity contribution in [2.75, 3.05) is 26.2 Å². The van der Waals surface area contributed by atoms with Crippen LogP contribution in [-0.4, -0.2) is 42.2 Å². The summed E-state index contributed by atoms with van der Waals surface area (Å²) in [4.78, 5) is 13.0. The minimum absolute atomic E-state index is 0. The average molecular weight is 550 g/mol.